The van der Waals surface area contributed by atoms with E-state index in [4.69, 9.17) is 5.73 Å². The van der Waals surface area contributed by atoms with Crippen molar-refractivity contribution in [2.45, 2.75) is 0 Å². The molecular weight excluding hydrogens is 252 g/mol. The topological polar surface area (TPSA) is 89.6 Å². The molecule has 98 valence electrons. The van der Waals surface area contributed by atoms with Gasteiger partial charge in [-0.3, -0.25) is 9.97 Å². The van der Waals surface area contributed by atoms with Gasteiger partial charge in [0.15, 0.2) is 0 Å². The highest BCUT2D eigenvalue weighted by Crippen LogP contribution is 2.21. The van der Waals surface area contributed by atoms with Gasteiger partial charge < -0.3 is 11.1 Å². The lowest BCUT2D eigenvalue weighted by Gasteiger charge is -2.08. The molecule has 0 aliphatic carbocycles. The number of nitrogens with two attached hydrogens (primary N) is 1. The fourth-order valence-corrected chi connectivity index (χ4v) is 1.72. The van der Waals surface area contributed by atoms with Crippen molar-refractivity contribution in [2.75, 3.05) is 11.1 Å². The van der Waals surface area contributed by atoms with Crippen LogP contribution in [0.1, 0.15) is 0 Å². The molecule has 3 N–H and O–H groups in total. The quantitative estimate of drug-likeness (QED) is 0.705. The van der Waals surface area contributed by atoms with E-state index in [2.05, 4.69) is 25.3 Å². The number of para-hydroxylation sites is 2. The first-order chi connectivity index (χ1) is 9.83. The van der Waals surface area contributed by atoms with Gasteiger partial charge in [0, 0.05) is 18.6 Å². The lowest BCUT2D eigenvalue weighted by atomic mass is 10.3. The number of anilines is 3. The Bertz CT molecular complexity index is 714. The summed E-state index contributed by atoms with van der Waals surface area (Å²) in [6.45, 7) is 0. The largest absolute Gasteiger partial charge is 0.397 e. The molecule has 3 rings (SSSR count). The van der Waals surface area contributed by atoms with E-state index < -0.39 is 0 Å². The second-order valence-electron chi connectivity index (χ2n) is 4.07. The van der Waals surface area contributed by atoms with Crippen molar-refractivity contribution >= 4 is 17.3 Å². The van der Waals surface area contributed by atoms with Crippen LogP contribution in [-0.4, -0.2) is 19.9 Å². The number of nitrogens with one attached hydrogen (secondary N) is 1. The highest BCUT2D eigenvalue weighted by molar-refractivity contribution is 5.70. The molecule has 0 aliphatic heterocycles. The van der Waals surface area contributed by atoms with Gasteiger partial charge in [0.25, 0.3) is 0 Å². The summed E-state index contributed by atoms with van der Waals surface area (Å²) in [6.07, 6.45) is 6.57. The maximum Gasteiger partial charge on any atom is 0.227 e. The third kappa shape index (κ3) is 2.54. The third-order valence-electron chi connectivity index (χ3n) is 2.69. The fraction of sp³-hybridized carbons (Fsp3) is 0. The summed E-state index contributed by atoms with van der Waals surface area (Å²) in [7, 11) is 0. The second-order valence-corrected chi connectivity index (χ2v) is 4.07. The smallest absolute Gasteiger partial charge is 0.227 e. The number of benzene rings is 1. The van der Waals surface area contributed by atoms with E-state index in [1.165, 1.54) is 0 Å². The normalized spacial score (nSPS) is 10.2. The predicted molar refractivity (Wildman–Crippen MR) is 77.2 cm³/mol. The Hall–Kier alpha value is -3.02. The molecule has 0 fully saturated rings. The Labute approximate surface area is 115 Å². The first kappa shape index (κ1) is 12.0. The van der Waals surface area contributed by atoms with Crippen LogP contribution in [0.2, 0.25) is 0 Å². The maximum atomic E-state index is 5.88. The van der Waals surface area contributed by atoms with Gasteiger partial charge in [0.1, 0.15) is 5.69 Å². The monoisotopic (exact) mass is 264 g/mol. The van der Waals surface area contributed by atoms with Crippen LogP contribution in [0.15, 0.2) is 55.1 Å². The van der Waals surface area contributed by atoms with Crippen molar-refractivity contribution in [3.8, 4) is 11.4 Å². The zero-order valence-electron chi connectivity index (χ0n) is 10.6. The summed E-state index contributed by atoms with van der Waals surface area (Å²) in [5, 5.41) is 3.09. The van der Waals surface area contributed by atoms with Crippen molar-refractivity contribution in [1.82, 2.24) is 19.9 Å². The van der Waals surface area contributed by atoms with Crippen molar-refractivity contribution in [3.05, 3.63) is 55.1 Å². The van der Waals surface area contributed by atoms with E-state index in [0.29, 0.717) is 23.0 Å². The minimum Gasteiger partial charge on any atom is -0.397 e. The standard InChI is InChI=1S/C14H12N6/c15-10-3-1-2-4-11(10)19-14-18-6-5-12(20-14)13-9-16-7-8-17-13/h1-9H,15H2,(H,18,19,20). The van der Waals surface area contributed by atoms with Crippen molar-refractivity contribution in [2.24, 2.45) is 0 Å². The molecule has 6 heteroatoms. The first-order valence-corrected chi connectivity index (χ1v) is 6.04. The maximum absolute atomic E-state index is 5.88. The highest BCUT2D eigenvalue weighted by atomic mass is 15.1. The average Bonchev–Trinajstić information content (AvgIpc) is 2.51. The summed E-state index contributed by atoms with van der Waals surface area (Å²) in [5.41, 5.74) is 8.68. The predicted octanol–water partition coefficient (Wildman–Crippen LogP) is 2.26. The number of hydrogen-bond donors (Lipinski definition) is 2. The summed E-state index contributed by atoms with van der Waals surface area (Å²) in [4.78, 5) is 16.8. The molecule has 2 heterocycles. The Morgan fingerprint density at radius 3 is 2.60 bits per heavy atom. The molecular formula is C14H12N6. The van der Waals surface area contributed by atoms with Crippen LogP contribution in [-0.2, 0) is 0 Å². The van der Waals surface area contributed by atoms with E-state index in [1.807, 2.05) is 24.3 Å². The molecule has 0 radical (unpaired) electrons. The Kier molecular flexibility index (Phi) is 3.20. The number of nitrogen functional groups attached to an aromatic ring is 1. The molecule has 0 aliphatic rings. The number of rotatable bonds is 3. The Balaban J connectivity index is 1.91. The van der Waals surface area contributed by atoms with Crippen LogP contribution in [0.4, 0.5) is 17.3 Å². The first-order valence-electron chi connectivity index (χ1n) is 6.04. The van der Waals surface area contributed by atoms with Gasteiger partial charge in [-0.15, -0.1) is 0 Å². The van der Waals surface area contributed by atoms with Gasteiger partial charge in [0.2, 0.25) is 5.95 Å². The van der Waals surface area contributed by atoms with Crippen LogP contribution in [0.25, 0.3) is 11.4 Å². The van der Waals surface area contributed by atoms with E-state index in [9.17, 15) is 0 Å². The molecule has 0 spiro atoms. The Morgan fingerprint density at radius 1 is 0.900 bits per heavy atom. The minimum atomic E-state index is 0.464. The molecule has 0 bridgehead atoms. The van der Waals surface area contributed by atoms with Crippen molar-refractivity contribution in [1.29, 1.82) is 0 Å². The SMILES string of the molecule is Nc1ccccc1Nc1nccc(-c2cnccn2)n1. The van der Waals surface area contributed by atoms with Crippen LogP contribution in [0.5, 0.6) is 0 Å². The molecule has 0 amide bonds. The highest BCUT2D eigenvalue weighted by Gasteiger charge is 2.05. The van der Waals surface area contributed by atoms with Gasteiger partial charge in [-0.2, -0.15) is 0 Å². The van der Waals surface area contributed by atoms with Crippen molar-refractivity contribution in [3.63, 3.8) is 0 Å². The summed E-state index contributed by atoms with van der Waals surface area (Å²) in [5.74, 6) is 0.464. The summed E-state index contributed by atoms with van der Waals surface area (Å²) >= 11 is 0. The molecule has 2 aromatic heterocycles. The van der Waals surface area contributed by atoms with Crippen LogP contribution < -0.4 is 11.1 Å². The molecule has 1 aromatic carbocycles. The third-order valence-corrected chi connectivity index (χ3v) is 2.69. The van der Waals surface area contributed by atoms with Gasteiger partial charge in [-0.1, -0.05) is 12.1 Å². The van der Waals surface area contributed by atoms with Crippen LogP contribution in [0.3, 0.4) is 0 Å². The average molecular weight is 264 g/mol. The van der Waals surface area contributed by atoms with Crippen LogP contribution in [0, 0.1) is 0 Å². The van der Waals surface area contributed by atoms with E-state index in [0.717, 1.165) is 5.69 Å². The molecule has 3 aromatic rings. The zero-order chi connectivity index (χ0) is 13.8. The van der Waals surface area contributed by atoms with Crippen molar-refractivity contribution < 1.29 is 0 Å². The number of aromatic nitrogens is 4. The molecule has 0 unspecified atom stereocenters. The van der Waals surface area contributed by atoms with E-state index in [1.54, 1.807) is 30.9 Å². The second kappa shape index (κ2) is 5.31. The van der Waals surface area contributed by atoms with Gasteiger partial charge in [-0.25, -0.2) is 9.97 Å². The molecule has 6 nitrogen and oxygen atoms in total. The molecule has 0 atom stereocenters. The minimum absolute atomic E-state index is 0.464. The van der Waals surface area contributed by atoms with Gasteiger partial charge in [-0.05, 0) is 18.2 Å². The number of nitrogens with zero attached hydrogens (tertiary/aromatic N) is 4. The summed E-state index contributed by atoms with van der Waals surface area (Å²) in [6, 6.07) is 9.23. The molecule has 20 heavy (non-hydrogen) atoms. The van der Waals surface area contributed by atoms with E-state index >= 15 is 0 Å². The number of hydrogen-bond acceptors (Lipinski definition) is 6. The zero-order valence-corrected chi connectivity index (χ0v) is 10.6. The summed E-state index contributed by atoms with van der Waals surface area (Å²) < 4.78 is 0. The van der Waals surface area contributed by atoms with Crippen LogP contribution >= 0.6 is 0 Å². The van der Waals surface area contributed by atoms with E-state index in [-0.39, 0.29) is 0 Å². The lowest BCUT2D eigenvalue weighted by molar-refractivity contribution is 1.13. The van der Waals surface area contributed by atoms with Gasteiger partial charge in [0.05, 0.1) is 23.3 Å². The fourth-order valence-electron chi connectivity index (χ4n) is 1.72. The Morgan fingerprint density at radius 2 is 1.80 bits per heavy atom. The lowest BCUT2D eigenvalue weighted by Crippen LogP contribution is -2.01. The van der Waals surface area contributed by atoms with Gasteiger partial charge >= 0.3 is 0 Å². The molecule has 0 saturated carbocycles. The molecule has 0 saturated heterocycles.